The standard InChI is InChI=1S/C8H12O4.C5H8O4.C4H6O4.C4H8O3/c1-11-6(9)8(4-3-5-8)7(10)12-2;1-8-4(6)3-5(7)9-2;1-7-3(5)4(6)8-2;1-6-3-4(5)7-2/h3-5H2,1-2H3;3H2,1-2H3;1-2H3;3H2,1-2H3. The highest BCUT2D eigenvalue weighted by molar-refractivity contribution is 6.29. The van der Waals surface area contributed by atoms with Crippen molar-refractivity contribution >= 4 is 41.8 Å². The van der Waals surface area contributed by atoms with Gasteiger partial charge in [-0.05, 0) is 19.3 Å². The molecule has 0 atom stereocenters. The molecule has 1 saturated carbocycles. The summed E-state index contributed by atoms with van der Waals surface area (Å²) in [5, 5.41) is 0. The number of rotatable bonds is 6. The van der Waals surface area contributed by atoms with Crippen molar-refractivity contribution in [1.82, 2.24) is 0 Å². The van der Waals surface area contributed by atoms with Gasteiger partial charge in [0, 0.05) is 7.11 Å². The van der Waals surface area contributed by atoms with Crippen LogP contribution in [-0.4, -0.2) is 105 Å². The van der Waals surface area contributed by atoms with Gasteiger partial charge >= 0.3 is 41.8 Å². The second kappa shape index (κ2) is 21.8. The molecule has 1 aliphatic rings. The Morgan fingerprint density at radius 1 is 0.528 bits per heavy atom. The van der Waals surface area contributed by atoms with Gasteiger partial charge in [-0.15, -0.1) is 0 Å². The topological polar surface area (TPSA) is 193 Å². The quantitative estimate of drug-likeness (QED) is 0.183. The second-order valence-corrected chi connectivity index (χ2v) is 6.24. The Labute approximate surface area is 208 Å². The number of hydrogen-bond donors (Lipinski definition) is 0. The van der Waals surface area contributed by atoms with E-state index in [9.17, 15) is 33.6 Å². The Morgan fingerprint density at radius 2 is 0.889 bits per heavy atom. The van der Waals surface area contributed by atoms with Gasteiger partial charge in [-0.2, -0.15) is 0 Å². The van der Waals surface area contributed by atoms with Gasteiger partial charge in [-0.1, -0.05) is 0 Å². The van der Waals surface area contributed by atoms with Crippen LogP contribution < -0.4 is 0 Å². The monoisotopic (exact) mass is 526 g/mol. The molecule has 1 aliphatic carbocycles. The highest BCUT2D eigenvalue weighted by Crippen LogP contribution is 2.42. The van der Waals surface area contributed by atoms with Gasteiger partial charge in [0.15, 0.2) is 5.41 Å². The lowest BCUT2D eigenvalue weighted by Crippen LogP contribution is -2.46. The molecular weight excluding hydrogens is 492 g/mol. The van der Waals surface area contributed by atoms with E-state index in [2.05, 4.69) is 37.9 Å². The van der Waals surface area contributed by atoms with E-state index in [1.165, 1.54) is 42.7 Å². The van der Waals surface area contributed by atoms with Crippen LogP contribution in [0.3, 0.4) is 0 Å². The predicted molar refractivity (Wildman–Crippen MR) is 117 cm³/mol. The summed E-state index contributed by atoms with van der Waals surface area (Å²) >= 11 is 0. The summed E-state index contributed by atoms with van der Waals surface area (Å²) < 4.78 is 34.1. The number of carbonyl (C=O) groups is 7. The van der Waals surface area contributed by atoms with Gasteiger partial charge in [0.25, 0.3) is 0 Å². The summed E-state index contributed by atoms with van der Waals surface area (Å²) in [7, 11) is 9.98. The predicted octanol–water partition coefficient (Wildman–Crippen LogP) is -0.637. The van der Waals surface area contributed by atoms with Crippen molar-refractivity contribution in [3.05, 3.63) is 0 Å². The molecule has 0 bridgehead atoms. The molecule has 0 unspecified atom stereocenters. The largest absolute Gasteiger partial charge is 0.469 e. The van der Waals surface area contributed by atoms with Crippen LogP contribution in [0.15, 0.2) is 0 Å². The molecule has 0 amide bonds. The zero-order valence-corrected chi connectivity index (χ0v) is 21.7. The molecule has 1 fully saturated rings. The first kappa shape index (κ1) is 36.8. The van der Waals surface area contributed by atoms with E-state index in [0.29, 0.717) is 12.8 Å². The van der Waals surface area contributed by atoms with Crippen molar-refractivity contribution in [3.63, 3.8) is 0 Å². The van der Waals surface area contributed by atoms with E-state index in [1.54, 1.807) is 0 Å². The molecule has 0 aliphatic heterocycles. The molecule has 36 heavy (non-hydrogen) atoms. The van der Waals surface area contributed by atoms with Crippen molar-refractivity contribution in [2.75, 3.05) is 63.5 Å². The van der Waals surface area contributed by atoms with Crippen LogP contribution in [0.1, 0.15) is 25.7 Å². The van der Waals surface area contributed by atoms with Gasteiger partial charge in [0.1, 0.15) is 13.0 Å². The van der Waals surface area contributed by atoms with Crippen molar-refractivity contribution in [1.29, 1.82) is 0 Å². The molecule has 0 aromatic heterocycles. The van der Waals surface area contributed by atoms with Gasteiger partial charge in [-0.3, -0.25) is 19.2 Å². The minimum atomic E-state index is -0.983. The van der Waals surface area contributed by atoms with E-state index in [-0.39, 0.29) is 19.0 Å². The average Bonchev–Trinajstić information content (AvgIpc) is 2.87. The van der Waals surface area contributed by atoms with E-state index in [0.717, 1.165) is 20.6 Å². The number of methoxy groups -OCH3 is 8. The molecule has 0 N–H and O–H groups in total. The summed E-state index contributed by atoms with van der Waals surface area (Å²) in [6.45, 7) is 0.0382. The molecule has 1 rings (SSSR count). The van der Waals surface area contributed by atoms with E-state index in [1.807, 2.05) is 0 Å². The second-order valence-electron chi connectivity index (χ2n) is 6.24. The molecule has 0 heterocycles. The van der Waals surface area contributed by atoms with Crippen LogP contribution in [0.4, 0.5) is 0 Å². The maximum atomic E-state index is 11.2. The van der Waals surface area contributed by atoms with Gasteiger partial charge in [-0.25, -0.2) is 14.4 Å². The van der Waals surface area contributed by atoms with Gasteiger partial charge < -0.3 is 37.9 Å². The van der Waals surface area contributed by atoms with Gasteiger partial charge in [0.2, 0.25) is 0 Å². The smallest absolute Gasteiger partial charge is 0.417 e. The van der Waals surface area contributed by atoms with Crippen molar-refractivity contribution < 1.29 is 71.5 Å². The van der Waals surface area contributed by atoms with Gasteiger partial charge in [0.05, 0.1) is 49.8 Å². The third-order valence-electron chi connectivity index (χ3n) is 4.13. The highest BCUT2D eigenvalue weighted by Gasteiger charge is 2.53. The lowest BCUT2D eigenvalue weighted by Gasteiger charge is -2.35. The first-order valence-corrected chi connectivity index (χ1v) is 9.93. The Morgan fingerprint density at radius 3 is 1.06 bits per heavy atom. The van der Waals surface area contributed by atoms with Crippen LogP contribution in [0.2, 0.25) is 0 Å². The molecule has 0 aromatic carbocycles. The fourth-order valence-electron chi connectivity index (χ4n) is 2.02. The normalized spacial score (nSPS) is 11.8. The Bertz CT molecular complexity index is 679. The van der Waals surface area contributed by atoms with Crippen LogP contribution in [0, 0.1) is 5.41 Å². The summed E-state index contributed by atoms with van der Waals surface area (Å²) in [5.74, 6) is -4.41. The first-order valence-electron chi connectivity index (χ1n) is 9.93. The van der Waals surface area contributed by atoms with E-state index in [4.69, 9.17) is 0 Å². The van der Waals surface area contributed by atoms with Crippen LogP contribution >= 0.6 is 0 Å². The van der Waals surface area contributed by atoms with Crippen LogP contribution in [0.25, 0.3) is 0 Å². The number of esters is 7. The summed E-state index contributed by atoms with van der Waals surface area (Å²) in [6.07, 6.45) is 1.66. The summed E-state index contributed by atoms with van der Waals surface area (Å²) in [4.78, 5) is 73.1. The van der Waals surface area contributed by atoms with Crippen LogP contribution in [0.5, 0.6) is 0 Å². The zero-order chi connectivity index (χ0) is 28.7. The van der Waals surface area contributed by atoms with E-state index < -0.39 is 41.2 Å². The number of ether oxygens (including phenoxy) is 8. The lowest BCUT2D eigenvalue weighted by molar-refractivity contribution is -0.176. The summed E-state index contributed by atoms with van der Waals surface area (Å²) in [6, 6.07) is 0. The lowest BCUT2D eigenvalue weighted by atomic mass is 9.69. The maximum absolute atomic E-state index is 11.2. The molecule has 15 nitrogen and oxygen atoms in total. The fraction of sp³-hybridized carbons (Fsp3) is 0.667. The summed E-state index contributed by atoms with van der Waals surface area (Å²) in [5.41, 5.74) is -0.983. The first-order chi connectivity index (χ1) is 16.9. The molecule has 208 valence electrons. The van der Waals surface area contributed by atoms with Crippen LogP contribution in [-0.2, 0) is 71.5 Å². The molecule has 0 saturated heterocycles. The molecular formula is C21H34O15. The van der Waals surface area contributed by atoms with Crippen molar-refractivity contribution in [2.24, 2.45) is 5.41 Å². The molecule has 0 radical (unpaired) electrons. The number of hydrogen-bond acceptors (Lipinski definition) is 15. The Balaban J connectivity index is -0.000000414. The third-order valence-corrected chi connectivity index (χ3v) is 4.13. The Kier molecular flexibility index (Phi) is 22.3. The van der Waals surface area contributed by atoms with Crippen molar-refractivity contribution in [3.8, 4) is 0 Å². The highest BCUT2D eigenvalue weighted by atomic mass is 16.6. The minimum absolute atomic E-state index is 0.0382. The molecule has 0 aromatic rings. The molecule has 0 spiro atoms. The zero-order valence-electron chi connectivity index (χ0n) is 21.7. The van der Waals surface area contributed by atoms with E-state index >= 15 is 0 Å². The Hall–Kier alpha value is -3.75. The third kappa shape index (κ3) is 15.2. The minimum Gasteiger partial charge on any atom is -0.469 e. The fourth-order valence-corrected chi connectivity index (χ4v) is 2.02. The SMILES string of the molecule is COC(=O)C(=O)OC.COC(=O)C1(C(=O)OC)CCC1.COC(=O)CC(=O)OC.COCC(=O)OC. The average molecular weight is 526 g/mol. The molecule has 15 heteroatoms. The van der Waals surface area contributed by atoms with Crippen molar-refractivity contribution in [2.45, 2.75) is 25.7 Å². The number of carbonyl (C=O) groups excluding carboxylic acids is 7. The maximum Gasteiger partial charge on any atom is 0.417 e.